The summed E-state index contributed by atoms with van der Waals surface area (Å²) in [6.07, 6.45) is 4.37. The molecule has 0 aliphatic carbocycles. The Morgan fingerprint density at radius 1 is 1.29 bits per heavy atom. The van der Waals surface area contributed by atoms with Gasteiger partial charge in [0, 0.05) is 40.2 Å². The van der Waals surface area contributed by atoms with Gasteiger partial charge in [0.15, 0.2) is 5.96 Å². The summed E-state index contributed by atoms with van der Waals surface area (Å²) in [5.41, 5.74) is 1.10. The lowest BCUT2D eigenvalue weighted by Gasteiger charge is -2.21. The van der Waals surface area contributed by atoms with Gasteiger partial charge in [0.2, 0.25) is 5.91 Å². The number of carbonyl (C=O) groups is 1. The molecular weight excluding hydrogens is 415 g/mol. The normalized spacial score (nSPS) is 10.5. The van der Waals surface area contributed by atoms with Crippen LogP contribution in [0.15, 0.2) is 48.0 Å². The zero-order valence-corrected chi connectivity index (χ0v) is 17.0. The number of halogens is 1. The van der Waals surface area contributed by atoms with Crippen LogP contribution in [0.2, 0.25) is 0 Å². The number of amides is 1. The molecule has 0 saturated carbocycles. The number of guanidine groups is 1. The summed E-state index contributed by atoms with van der Waals surface area (Å²) in [6, 6.07) is 9.90. The molecule has 5 nitrogen and oxygen atoms in total. The highest BCUT2D eigenvalue weighted by atomic mass is 127. The zero-order chi connectivity index (χ0) is 16.9. The van der Waals surface area contributed by atoms with Crippen LogP contribution in [0.4, 0.5) is 0 Å². The fourth-order valence-electron chi connectivity index (χ4n) is 2.14. The molecule has 0 aliphatic heterocycles. The third-order valence-corrected chi connectivity index (χ3v) is 3.44. The van der Waals surface area contributed by atoms with Crippen LogP contribution in [0.1, 0.15) is 24.8 Å². The molecular formula is C18H29IN4O. The monoisotopic (exact) mass is 444 g/mol. The smallest absolute Gasteiger partial charge is 0.222 e. The van der Waals surface area contributed by atoms with Crippen LogP contribution < -0.4 is 10.6 Å². The van der Waals surface area contributed by atoms with Crippen molar-refractivity contribution < 1.29 is 4.79 Å². The van der Waals surface area contributed by atoms with Crippen LogP contribution in [0.5, 0.6) is 0 Å². The summed E-state index contributed by atoms with van der Waals surface area (Å²) in [5.74, 6) is 0.844. The van der Waals surface area contributed by atoms with E-state index in [1.807, 2.05) is 43.5 Å². The first kappa shape index (κ1) is 22.4. The summed E-state index contributed by atoms with van der Waals surface area (Å²) in [5, 5.41) is 6.13. The maximum Gasteiger partial charge on any atom is 0.222 e. The molecule has 1 rings (SSSR count). The van der Waals surface area contributed by atoms with Gasteiger partial charge in [-0.05, 0) is 18.4 Å². The minimum absolute atomic E-state index is 0. The third-order valence-electron chi connectivity index (χ3n) is 3.44. The van der Waals surface area contributed by atoms with E-state index in [1.54, 1.807) is 7.05 Å². The molecule has 0 unspecified atom stereocenters. The number of allylic oxidation sites excluding steroid dienone is 1. The maximum atomic E-state index is 11.9. The maximum absolute atomic E-state index is 11.9. The van der Waals surface area contributed by atoms with Gasteiger partial charge >= 0.3 is 0 Å². The van der Waals surface area contributed by atoms with Gasteiger partial charge in [0.1, 0.15) is 0 Å². The SMILES string of the molecule is C=CCCCN(C)C(=NC)NCCC(=O)NCc1ccccc1.I. The van der Waals surface area contributed by atoms with Crippen molar-refractivity contribution in [1.82, 2.24) is 15.5 Å². The number of nitrogens with one attached hydrogen (secondary N) is 2. The first-order valence-electron chi connectivity index (χ1n) is 8.00. The topological polar surface area (TPSA) is 56.7 Å². The Hall–Kier alpha value is -1.57. The molecule has 6 heteroatoms. The van der Waals surface area contributed by atoms with Gasteiger partial charge in [-0.15, -0.1) is 30.6 Å². The lowest BCUT2D eigenvalue weighted by molar-refractivity contribution is -0.121. The van der Waals surface area contributed by atoms with Crippen molar-refractivity contribution in [3.8, 4) is 0 Å². The Kier molecular flexibility index (Phi) is 12.9. The number of carbonyl (C=O) groups excluding carboxylic acids is 1. The third kappa shape index (κ3) is 9.54. The number of nitrogens with zero attached hydrogens (tertiary/aromatic N) is 2. The minimum Gasteiger partial charge on any atom is -0.356 e. The fraction of sp³-hybridized carbons (Fsp3) is 0.444. The molecule has 0 saturated heterocycles. The molecule has 0 atom stereocenters. The Morgan fingerprint density at radius 3 is 2.62 bits per heavy atom. The van der Waals surface area contributed by atoms with E-state index in [0.717, 1.165) is 30.9 Å². The van der Waals surface area contributed by atoms with Crippen LogP contribution in [-0.4, -0.2) is 44.0 Å². The first-order valence-corrected chi connectivity index (χ1v) is 8.00. The van der Waals surface area contributed by atoms with E-state index in [-0.39, 0.29) is 29.9 Å². The summed E-state index contributed by atoms with van der Waals surface area (Å²) in [7, 11) is 3.75. The number of unbranched alkanes of at least 4 members (excludes halogenated alkanes) is 1. The van der Waals surface area contributed by atoms with Crippen LogP contribution in [0, 0.1) is 0 Å². The van der Waals surface area contributed by atoms with E-state index < -0.39 is 0 Å². The predicted molar refractivity (Wildman–Crippen MR) is 112 cm³/mol. The quantitative estimate of drug-likeness (QED) is 0.203. The average molecular weight is 444 g/mol. The highest BCUT2D eigenvalue weighted by molar-refractivity contribution is 14.0. The Labute approximate surface area is 162 Å². The summed E-state index contributed by atoms with van der Waals surface area (Å²) in [4.78, 5) is 18.1. The second-order valence-electron chi connectivity index (χ2n) is 5.34. The molecule has 0 bridgehead atoms. The van der Waals surface area contributed by atoms with E-state index in [1.165, 1.54) is 0 Å². The van der Waals surface area contributed by atoms with Crippen LogP contribution in [0.3, 0.4) is 0 Å². The van der Waals surface area contributed by atoms with Crippen LogP contribution in [-0.2, 0) is 11.3 Å². The number of hydrogen-bond donors (Lipinski definition) is 2. The molecule has 24 heavy (non-hydrogen) atoms. The van der Waals surface area contributed by atoms with Gasteiger partial charge < -0.3 is 15.5 Å². The summed E-state index contributed by atoms with van der Waals surface area (Å²) in [6.45, 7) is 5.76. The highest BCUT2D eigenvalue weighted by Gasteiger charge is 2.06. The van der Waals surface area contributed by atoms with E-state index in [0.29, 0.717) is 19.5 Å². The largest absolute Gasteiger partial charge is 0.356 e. The molecule has 0 radical (unpaired) electrons. The molecule has 134 valence electrons. The van der Waals surface area contributed by atoms with Crippen molar-refractivity contribution in [2.24, 2.45) is 4.99 Å². The van der Waals surface area contributed by atoms with Crippen molar-refractivity contribution in [2.75, 3.05) is 27.2 Å². The number of aliphatic imine (C=N–C) groups is 1. The lowest BCUT2D eigenvalue weighted by Crippen LogP contribution is -2.40. The van der Waals surface area contributed by atoms with Gasteiger partial charge in [-0.2, -0.15) is 0 Å². The highest BCUT2D eigenvalue weighted by Crippen LogP contribution is 1.97. The molecule has 0 aliphatic rings. The minimum atomic E-state index is 0. The van der Waals surface area contributed by atoms with E-state index in [9.17, 15) is 4.79 Å². The van der Waals surface area contributed by atoms with Crippen molar-refractivity contribution in [1.29, 1.82) is 0 Å². The van der Waals surface area contributed by atoms with Crippen LogP contribution >= 0.6 is 24.0 Å². The van der Waals surface area contributed by atoms with Gasteiger partial charge in [-0.25, -0.2) is 0 Å². The van der Waals surface area contributed by atoms with E-state index in [2.05, 4.69) is 27.1 Å². The standard InChI is InChI=1S/C18H28N4O.HI/c1-4-5-9-14-22(3)18(19-2)20-13-12-17(23)21-15-16-10-7-6-8-11-16;/h4,6-8,10-11H,1,5,9,12-15H2,2-3H3,(H,19,20)(H,21,23);1H. The van der Waals surface area contributed by atoms with Crippen molar-refractivity contribution >= 4 is 35.8 Å². The second-order valence-corrected chi connectivity index (χ2v) is 5.34. The van der Waals surface area contributed by atoms with Gasteiger partial charge in [0.25, 0.3) is 0 Å². The Morgan fingerprint density at radius 2 is 2.00 bits per heavy atom. The number of hydrogen-bond acceptors (Lipinski definition) is 2. The molecule has 0 aromatic heterocycles. The molecule has 1 aromatic rings. The Balaban J connectivity index is 0.00000529. The average Bonchev–Trinajstić information content (AvgIpc) is 2.58. The van der Waals surface area contributed by atoms with Crippen molar-refractivity contribution in [3.63, 3.8) is 0 Å². The summed E-state index contributed by atoms with van der Waals surface area (Å²) >= 11 is 0. The fourth-order valence-corrected chi connectivity index (χ4v) is 2.14. The van der Waals surface area contributed by atoms with Gasteiger partial charge in [0.05, 0.1) is 0 Å². The van der Waals surface area contributed by atoms with Gasteiger partial charge in [-0.3, -0.25) is 9.79 Å². The van der Waals surface area contributed by atoms with Crippen molar-refractivity contribution in [2.45, 2.75) is 25.8 Å². The molecule has 2 N–H and O–H groups in total. The number of benzene rings is 1. The zero-order valence-electron chi connectivity index (χ0n) is 14.6. The predicted octanol–water partition coefficient (Wildman–Crippen LogP) is 2.78. The number of rotatable bonds is 9. The van der Waals surface area contributed by atoms with Crippen LogP contribution in [0.25, 0.3) is 0 Å². The first-order chi connectivity index (χ1) is 11.2. The molecule has 1 aromatic carbocycles. The lowest BCUT2D eigenvalue weighted by atomic mass is 10.2. The summed E-state index contributed by atoms with van der Waals surface area (Å²) < 4.78 is 0. The second kappa shape index (κ2) is 13.8. The molecule has 0 spiro atoms. The molecule has 0 heterocycles. The van der Waals surface area contributed by atoms with E-state index >= 15 is 0 Å². The molecule has 1 amide bonds. The van der Waals surface area contributed by atoms with Crippen molar-refractivity contribution in [3.05, 3.63) is 48.6 Å². The molecule has 0 fully saturated rings. The Bertz CT molecular complexity index is 505. The van der Waals surface area contributed by atoms with E-state index in [4.69, 9.17) is 0 Å². The van der Waals surface area contributed by atoms with Gasteiger partial charge in [-0.1, -0.05) is 36.4 Å².